The molecule has 2 fully saturated rings. The summed E-state index contributed by atoms with van der Waals surface area (Å²) in [5.41, 5.74) is 0.704. The normalized spacial score (nSPS) is 25.8. The Morgan fingerprint density at radius 3 is 2.59 bits per heavy atom. The molecule has 1 heterocycles. The average molecular weight is 425 g/mol. The Morgan fingerprint density at radius 1 is 1.17 bits per heavy atom. The third-order valence-electron chi connectivity index (χ3n) is 5.99. The predicted molar refractivity (Wildman–Crippen MR) is 110 cm³/mol. The van der Waals surface area contributed by atoms with Crippen LogP contribution in [0.4, 0.5) is 0 Å². The number of carbonyl (C=O) groups is 1. The van der Waals surface area contributed by atoms with E-state index < -0.39 is 16.1 Å². The zero-order valence-electron chi connectivity index (χ0n) is 17.0. The number of carbonyl (C=O) groups excluding carboxylic acids is 1. The van der Waals surface area contributed by atoms with Gasteiger partial charge in [-0.25, -0.2) is 13.1 Å². The van der Waals surface area contributed by atoms with Crippen LogP contribution in [0.3, 0.4) is 0 Å². The molecular formula is C21H32N2O5S. The quantitative estimate of drug-likeness (QED) is 0.591. The molecule has 8 heteroatoms. The van der Waals surface area contributed by atoms with E-state index >= 15 is 0 Å². The van der Waals surface area contributed by atoms with E-state index in [4.69, 9.17) is 4.74 Å². The van der Waals surface area contributed by atoms with E-state index in [0.717, 1.165) is 38.5 Å². The summed E-state index contributed by atoms with van der Waals surface area (Å²) in [6.45, 7) is 1.87. The van der Waals surface area contributed by atoms with Gasteiger partial charge in [-0.2, -0.15) is 0 Å². The van der Waals surface area contributed by atoms with Crippen LogP contribution in [-0.4, -0.2) is 50.8 Å². The van der Waals surface area contributed by atoms with Crippen LogP contribution in [0.2, 0.25) is 0 Å². The number of hydrogen-bond donors (Lipinski definition) is 3. The van der Waals surface area contributed by atoms with Gasteiger partial charge in [0.05, 0.1) is 23.6 Å². The van der Waals surface area contributed by atoms with Crippen LogP contribution in [-0.2, 0) is 19.6 Å². The lowest BCUT2D eigenvalue weighted by atomic mass is 9.96. The fourth-order valence-corrected chi connectivity index (χ4v) is 5.58. The van der Waals surface area contributed by atoms with Crippen molar-refractivity contribution in [2.75, 3.05) is 13.2 Å². The van der Waals surface area contributed by atoms with E-state index in [9.17, 15) is 18.3 Å². The Bertz CT molecular complexity index is 792. The molecule has 1 saturated carbocycles. The number of aliphatic hydroxyl groups is 1. The second-order valence-corrected chi connectivity index (χ2v) is 9.84. The maximum atomic E-state index is 12.5. The molecular weight excluding hydrogens is 392 g/mol. The minimum Gasteiger partial charge on any atom is -0.394 e. The maximum absolute atomic E-state index is 12.5. The first-order valence-corrected chi connectivity index (χ1v) is 12.0. The van der Waals surface area contributed by atoms with Crippen LogP contribution in [0.25, 0.3) is 0 Å². The molecule has 0 bridgehead atoms. The Hall–Kier alpha value is -1.48. The summed E-state index contributed by atoms with van der Waals surface area (Å²) in [5, 5.41) is 12.8. The molecule has 2 aliphatic rings. The SMILES string of the molecule is Cc1ccccc1S(=O)(=O)NCC[C@@H]1CC[C@@H](NC(=O)C2CCCC2)[C@@H](CO)O1. The zero-order chi connectivity index (χ0) is 20.9. The van der Waals surface area contributed by atoms with Gasteiger partial charge in [0, 0.05) is 12.5 Å². The van der Waals surface area contributed by atoms with Gasteiger partial charge < -0.3 is 15.2 Å². The molecule has 0 radical (unpaired) electrons. The van der Waals surface area contributed by atoms with Gasteiger partial charge in [-0.3, -0.25) is 4.79 Å². The van der Waals surface area contributed by atoms with Crippen molar-refractivity contribution in [3.05, 3.63) is 29.8 Å². The van der Waals surface area contributed by atoms with E-state index in [2.05, 4.69) is 10.0 Å². The van der Waals surface area contributed by atoms with Crippen molar-refractivity contribution in [2.45, 2.75) is 75.0 Å². The molecule has 1 aliphatic carbocycles. The van der Waals surface area contributed by atoms with E-state index in [1.165, 1.54) is 0 Å². The lowest BCUT2D eigenvalue weighted by molar-refractivity contribution is -0.131. The molecule has 1 aliphatic heterocycles. The number of benzene rings is 1. The van der Waals surface area contributed by atoms with Crippen molar-refractivity contribution in [2.24, 2.45) is 5.92 Å². The number of hydrogen-bond acceptors (Lipinski definition) is 5. The number of aryl methyl sites for hydroxylation is 1. The Balaban J connectivity index is 1.47. The van der Waals surface area contributed by atoms with Crippen LogP contribution >= 0.6 is 0 Å². The second-order valence-electron chi connectivity index (χ2n) is 8.10. The molecule has 1 amide bonds. The summed E-state index contributed by atoms with van der Waals surface area (Å²) in [6, 6.07) is 6.69. The molecule has 29 heavy (non-hydrogen) atoms. The van der Waals surface area contributed by atoms with Crippen LogP contribution < -0.4 is 10.0 Å². The monoisotopic (exact) mass is 424 g/mol. The van der Waals surface area contributed by atoms with Crippen molar-refractivity contribution in [3.8, 4) is 0 Å². The number of sulfonamides is 1. The third kappa shape index (κ3) is 5.78. The van der Waals surface area contributed by atoms with Crippen molar-refractivity contribution < 1.29 is 23.1 Å². The Kier molecular flexibility index (Phi) is 7.67. The van der Waals surface area contributed by atoms with Gasteiger partial charge >= 0.3 is 0 Å². The van der Waals surface area contributed by atoms with Crippen molar-refractivity contribution in [1.29, 1.82) is 0 Å². The van der Waals surface area contributed by atoms with Gasteiger partial charge in [-0.05, 0) is 50.7 Å². The lowest BCUT2D eigenvalue weighted by Crippen LogP contribution is -2.52. The number of amides is 1. The largest absolute Gasteiger partial charge is 0.394 e. The lowest BCUT2D eigenvalue weighted by Gasteiger charge is -2.36. The first-order chi connectivity index (χ1) is 13.9. The molecule has 3 N–H and O–H groups in total. The fraction of sp³-hybridized carbons (Fsp3) is 0.667. The molecule has 1 aromatic rings. The topological polar surface area (TPSA) is 105 Å². The highest BCUT2D eigenvalue weighted by Crippen LogP contribution is 2.27. The second kappa shape index (κ2) is 10.0. The predicted octanol–water partition coefficient (Wildman–Crippen LogP) is 1.88. The summed E-state index contributed by atoms with van der Waals surface area (Å²) in [4.78, 5) is 12.7. The summed E-state index contributed by atoms with van der Waals surface area (Å²) in [5.74, 6) is 0.155. The van der Waals surface area contributed by atoms with Gasteiger partial charge in [0.2, 0.25) is 15.9 Å². The fourth-order valence-electron chi connectivity index (χ4n) is 4.29. The summed E-state index contributed by atoms with van der Waals surface area (Å²) in [7, 11) is -3.56. The molecule has 1 saturated heterocycles. The van der Waals surface area contributed by atoms with Gasteiger partial charge in [0.15, 0.2) is 0 Å². The molecule has 162 valence electrons. The van der Waals surface area contributed by atoms with Crippen molar-refractivity contribution in [3.63, 3.8) is 0 Å². The maximum Gasteiger partial charge on any atom is 0.240 e. The molecule has 1 aromatic carbocycles. The zero-order valence-corrected chi connectivity index (χ0v) is 17.8. The standard InChI is InChI=1S/C21H32N2O5S/c1-15-6-2-5-9-20(15)29(26,27)22-13-12-17-10-11-18(19(14-24)28-17)23-21(25)16-7-3-4-8-16/h2,5-6,9,16-19,22,24H,3-4,7-8,10-14H2,1H3,(H,23,25)/t17-,18+,19+/m0/s1. The van der Waals surface area contributed by atoms with Crippen molar-refractivity contribution >= 4 is 15.9 Å². The van der Waals surface area contributed by atoms with Gasteiger partial charge in [-0.1, -0.05) is 31.0 Å². The number of rotatable bonds is 8. The van der Waals surface area contributed by atoms with E-state index in [0.29, 0.717) is 12.0 Å². The smallest absolute Gasteiger partial charge is 0.240 e. The third-order valence-corrected chi connectivity index (χ3v) is 7.61. The average Bonchev–Trinajstić information content (AvgIpc) is 3.24. The minimum absolute atomic E-state index is 0.0685. The number of ether oxygens (including phenoxy) is 1. The van der Waals surface area contributed by atoms with E-state index in [1.807, 2.05) is 0 Å². The molecule has 7 nitrogen and oxygen atoms in total. The highest BCUT2D eigenvalue weighted by Gasteiger charge is 2.34. The molecule has 3 rings (SSSR count). The van der Waals surface area contributed by atoms with Crippen LogP contribution in [0.15, 0.2) is 29.2 Å². The first-order valence-electron chi connectivity index (χ1n) is 10.5. The highest BCUT2D eigenvalue weighted by molar-refractivity contribution is 7.89. The first kappa shape index (κ1) is 22.2. The van der Waals surface area contributed by atoms with Crippen LogP contribution in [0.1, 0.15) is 50.5 Å². The summed E-state index contributed by atoms with van der Waals surface area (Å²) < 4.78 is 33.5. The summed E-state index contributed by atoms with van der Waals surface area (Å²) >= 11 is 0. The Labute approximate surface area is 173 Å². The molecule has 0 spiro atoms. The number of aliphatic hydroxyl groups excluding tert-OH is 1. The highest BCUT2D eigenvalue weighted by atomic mass is 32.2. The van der Waals surface area contributed by atoms with Crippen LogP contribution in [0.5, 0.6) is 0 Å². The van der Waals surface area contributed by atoms with Crippen LogP contribution in [0, 0.1) is 12.8 Å². The minimum atomic E-state index is -3.56. The molecule has 3 atom stereocenters. The number of nitrogens with one attached hydrogen (secondary N) is 2. The summed E-state index contributed by atoms with van der Waals surface area (Å²) in [6.07, 6.45) is 5.44. The van der Waals surface area contributed by atoms with E-state index in [1.54, 1.807) is 31.2 Å². The molecule has 0 unspecified atom stereocenters. The van der Waals surface area contributed by atoms with Crippen molar-refractivity contribution in [1.82, 2.24) is 10.0 Å². The Morgan fingerprint density at radius 2 is 1.90 bits per heavy atom. The van der Waals surface area contributed by atoms with E-state index in [-0.39, 0.29) is 42.0 Å². The van der Waals surface area contributed by atoms with Gasteiger partial charge in [-0.15, -0.1) is 0 Å². The molecule has 0 aromatic heterocycles. The van der Waals surface area contributed by atoms with Gasteiger partial charge in [0.25, 0.3) is 0 Å². The van der Waals surface area contributed by atoms with Gasteiger partial charge in [0.1, 0.15) is 6.10 Å².